The Labute approximate surface area is 190 Å². The van der Waals surface area contributed by atoms with Crippen molar-refractivity contribution in [3.63, 3.8) is 0 Å². The minimum Gasteiger partial charge on any atom is -0.485 e. The van der Waals surface area contributed by atoms with Gasteiger partial charge < -0.3 is 19.8 Å². The second-order valence-electron chi connectivity index (χ2n) is 9.27. The SMILES string of the molecule is C[C@@H](O)[C@H]1C(=O)N2C(C(=O)O)=C3C(Oc4cccc5c4-c4ccccc4C5=O)CCCC3C12. The van der Waals surface area contributed by atoms with Crippen molar-refractivity contribution in [2.24, 2.45) is 11.8 Å². The number of aliphatic carboxylic acids is 1. The molecule has 168 valence electrons. The van der Waals surface area contributed by atoms with Crippen LogP contribution in [0.5, 0.6) is 5.75 Å². The number of ether oxygens (including phenoxy) is 1. The molecule has 6 rings (SSSR count). The molecule has 2 aromatic rings. The Kier molecular flexibility index (Phi) is 4.29. The molecule has 2 fully saturated rings. The number of ketones is 1. The molecule has 0 bridgehead atoms. The van der Waals surface area contributed by atoms with Crippen molar-refractivity contribution in [1.82, 2.24) is 4.90 Å². The maximum Gasteiger partial charge on any atom is 0.352 e. The topological polar surface area (TPSA) is 104 Å². The summed E-state index contributed by atoms with van der Waals surface area (Å²) in [6.45, 7) is 1.58. The van der Waals surface area contributed by atoms with Gasteiger partial charge in [0.25, 0.3) is 0 Å². The smallest absolute Gasteiger partial charge is 0.352 e. The molecule has 2 N–H and O–H groups in total. The molecule has 7 nitrogen and oxygen atoms in total. The number of amides is 1. The normalized spacial score (nSPS) is 28.0. The number of β-lactam (4-membered cyclic amide) rings is 1. The monoisotopic (exact) mass is 445 g/mol. The number of hydrogen-bond donors (Lipinski definition) is 2. The molecule has 4 aliphatic rings. The van der Waals surface area contributed by atoms with Crippen LogP contribution in [-0.2, 0) is 9.59 Å². The molecule has 1 saturated carbocycles. The van der Waals surface area contributed by atoms with E-state index in [0.717, 1.165) is 24.0 Å². The summed E-state index contributed by atoms with van der Waals surface area (Å²) < 4.78 is 6.48. The van der Waals surface area contributed by atoms with Gasteiger partial charge in [-0.3, -0.25) is 9.59 Å². The number of aliphatic hydroxyl groups excluding tert-OH is 1. The number of carboxylic acid groups (broad SMARTS) is 1. The first kappa shape index (κ1) is 20.2. The predicted octanol–water partition coefficient (Wildman–Crippen LogP) is 3.01. The van der Waals surface area contributed by atoms with Gasteiger partial charge in [0, 0.05) is 28.2 Å². The number of carbonyl (C=O) groups excluding carboxylic acids is 2. The molecule has 1 amide bonds. The van der Waals surface area contributed by atoms with Gasteiger partial charge in [0.15, 0.2) is 5.78 Å². The summed E-state index contributed by atoms with van der Waals surface area (Å²) in [5.74, 6) is -1.74. The number of aliphatic hydroxyl groups is 1. The lowest BCUT2D eigenvalue weighted by atomic mass is 9.71. The number of fused-ring (bicyclic) bond motifs is 6. The molecule has 0 aromatic heterocycles. The summed E-state index contributed by atoms with van der Waals surface area (Å²) in [5, 5.41) is 20.2. The zero-order valence-electron chi connectivity index (χ0n) is 18.0. The summed E-state index contributed by atoms with van der Waals surface area (Å²) in [7, 11) is 0. The van der Waals surface area contributed by atoms with Gasteiger partial charge in [0.2, 0.25) is 5.91 Å². The Morgan fingerprint density at radius 1 is 1.06 bits per heavy atom. The molecule has 2 aliphatic carbocycles. The molecular formula is C26H23NO6. The van der Waals surface area contributed by atoms with Crippen molar-refractivity contribution in [1.29, 1.82) is 0 Å². The number of nitrogens with zero attached hydrogens (tertiary/aromatic N) is 1. The molecule has 0 radical (unpaired) electrons. The minimum absolute atomic E-state index is 0.000605. The van der Waals surface area contributed by atoms with Crippen LogP contribution < -0.4 is 4.74 Å². The van der Waals surface area contributed by atoms with Gasteiger partial charge in [-0.2, -0.15) is 0 Å². The van der Waals surface area contributed by atoms with Crippen LogP contribution in [0.1, 0.15) is 42.1 Å². The highest BCUT2D eigenvalue weighted by molar-refractivity contribution is 6.22. The highest BCUT2D eigenvalue weighted by atomic mass is 16.5. The van der Waals surface area contributed by atoms with E-state index in [4.69, 9.17) is 4.74 Å². The largest absolute Gasteiger partial charge is 0.485 e. The van der Waals surface area contributed by atoms with Gasteiger partial charge in [0.1, 0.15) is 17.6 Å². The number of hydrogen-bond acceptors (Lipinski definition) is 5. The van der Waals surface area contributed by atoms with E-state index in [0.29, 0.717) is 28.9 Å². The maximum absolute atomic E-state index is 12.9. The van der Waals surface area contributed by atoms with Gasteiger partial charge in [-0.15, -0.1) is 0 Å². The summed E-state index contributed by atoms with van der Waals surface area (Å²) in [4.78, 5) is 39.2. The van der Waals surface area contributed by atoms with Crippen molar-refractivity contribution >= 4 is 17.7 Å². The van der Waals surface area contributed by atoms with Crippen LogP contribution in [-0.4, -0.2) is 51.0 Å². The van der Waals surface area contributed by atoms with E-state index in [2.05, 4.69) is 0 Å². The quantitative estimate of drug-likeness (QED) is 0.599. The van der Waals surface area contributed by atoms with Crippen LogP contribution in [0.15, 0.2) is 53.7 Å². The fourth-order valence-corrected chi connectivity index (χ4v) is 6.25. The van der Waals surface area contributed by atoms with Gasteiger partial charge in [0.05, 0.1) is 18.1 Å². The van der Waals surface area contributed by atoms with Gasteiger partial charge in [-0.25, -0.2) is 4.79 Å². The molecular weight excluding hydrogens is 422 g/mol. The van der Waals surface area contributed by atoms with Crippen LogP contribution in [0, 0.1) is 11.8 Å². The van der Waals surface area contributed by atoms with Crippen molar-refractivity contribution < 1.29 is 29.3 Å². The third-order valence-electron chi connectivity index (χ3n) is 7.55. The maximum atomic E-state index is 12.9. The van der Waals surface area contributed by atoms with Crippen molar-refractivity contribution in [3.8, 4) is 16.9 Å². The summed E-state index contributed by atoms with van der Waals surface area (Å²) in [6, 6.07) is 12.4. The molecule has 5 atom stereocenters. The van der Waals surface area contributed by atoms with Crippen LogP contribution in [0.3, 0.4) is 0 Å². The number of carbonyl (C=O) groups is 3. The van der Waals surface area contributed by atoms with Gasteiger partial charge in [-0.1, -0.05) is 36.4 Å². The first-order chi connectivity index (χ1) is 15.9. The second-order valence-corrected chi connectivity index (χ2v) is 9.27. The molecule has 2 heterocycles. The lowest BCUT2D eigenvalue weighted by molar-refractivity contribution is -0.163. The Bertz CT molecular complexity index is 1260. The fourth-order valence-electron chi connectivity index (χ4n) is 6.25. The highest BCUT2D eigenvalue weighted by Crippen LogP contribution is 2.53. The lowest BCUT2D eigenvalue weighted by Gasteiger charge is -2.47. The van der Waals surface area contributed by atoms with Crippen molar-refractivity contribution in [2.45, 2.75) is 44.4 Å². The molecule has 2 aliphatic heterocycles. The third kappa shape index (κ3) is 2.63. The lowest BCUT2D eigenvalue weighted by Crippen LogP contribution is -2.64. The first-order valence-corrected chi connectivity index (χ1v) is 11.3. The number of carboxylic acids is 1. The molecule has 3 unspecified atom stereocenters. The average molecular weight is 445 g/mol. The second kappa shape index (κ2) is 7.02. The summed E-state index contributed by atoms with van der Waals surface area (Å²) in [5.41, 5.74) is 3.38. The minimum atomic E-state index is -1.15. The highest BCUT2D eigenvalue weighted by Gasteiger charge is 2.62. The molecule has 33 heavy (non-hydrogen) atoms. The van der Waals surface area contributed by atoms with Crippen molar-refractivity contribution in [2.75, 3.05) is 0 Å². The molecule has 7 heteroatoms. The summed E-state index contributed by atoms with van der Waals surface area (Å²) >= 11 is 0. The average Bonchev–Trinajstić information content (AvgIpc) is 3.25. The first-order valence-electron chi connectivity index (χ1n) is 11.3. The molecule has 1 saturated heterocycles. The number of benzene rings is 2. The van der Waals surface area contributed by atoms with E-state index in [1.807, 2.05) is 24.3 Å². The van der Waals surface area contributed by atoms with Gasteiger partial charge in [-0.05, 0) is 37.8 Å². The fraction of sp³-hybridized carbons (Fsp3) is 0.346. The van der Waals surface area contributed by atoms with E-state index in [1.165, 1.54) is 4.90 Å². The van der Waals surface area contributed by atoms with Crippen LogP contribution in [0.25, 0.3) is 11.1 Å². The Morgan fingerprint density at radius 3 is 2.52 bits per heavy atom. The van der Waals surface area contributed by atoms with Crippen LogP contribution in [0.4, 0.5) is 0 Å². The Morgan fingerprint density at radius 2 is 1.79 bits per heavy atom. The standard InChI is InChI=1S/C26H23NO6/c1-12(28)19-22-15-8-4-11-18(21(15)23(26(31)32)27(22)25(19)30)33-17-10-5-9-16-20(17)13-6-2-3-7-14(13)24(16)29/h2-3,5-7,9-10,12,15,18-19,22,28H,4,8,11H2,1H3,(H,31,32)/t12-,15?,18?,19-,22?/m1/s1. The Balaban J connectivity index is 1.42. The Hall–Kier alpha value is -3.45. The van der Waals surface area contributed by atoms with E-state index >= 15 is 0 Å². The predicted molar refractivity (Wildman–Crippen MR) is 118 cm³/mol. The van der Waals surface area contributed by atoms with Crippen LogP contribution >= 0.6 is 0 Å². The van der Waals surface area contributed by atoms with Crippen molar-refractivity contribution in [3.05, 3.63) is 64.9 Å². The zero-order chi connectivity index (χ0) is 23.0. The molecule has 0 spiro atoms. The van der Waals surface area contributed by atoms with E-state index in [1.54, 1.807) is 25.1 Å². The molecule has 2 aromatic carbocycles. The van der Waals surface area contributed by atoms with Crippen LogP contribution in [0.2, 0.25) is 0 Å². The van der Waals surface area contributed by atoms with E-state index in [9.17, 15) is 24.6 Å². The van der Waals surface area contributed by atoms with Gasteiger partial charge >= 0.3 is 5.97 Å². The number of rotatable bonds is 4. The third-order valence-corrected chi connectivity index (χ3v) is 7.55. The zero-order valence-corrected chi connectivity index (χ0v) is 18.0. The summed E-state index contributed by atoms with van der Waals surface area (Å²) in [6.07, 6.45) is 0.835. The van der Waals surface area contributed by atoms with E-state index < -0.39 is 24.1 Å². The van der Waals surface area contributed by atoms with E-state index in [-0.39, 0.29) is 29.3 Å².